The molecule has 1 heterocycles. The van der Waals surface area contributed by atoms with E-state index in [9.17, 15) is 22.4 Å². The number of rotatable bonds is 8. The van der Waals surface area contributed by atoms with E-state index in [0.29, 0.717) is 36.2 Å². The first-order chi connectivity index (χ1) is 17.1. The number of halogens is 1. The number of hydrogen-bond acceptors (Lipinski definition) is 4. The molecule has 1 atom stereocenters. The van der Waals surface area contributed by atoms with Crippen molar-refractivity contribution < 1.29 is 22.4 Å². The van der Waals surface area contributed by atoms with Crippen molar-refractivity contribution >= 4 is 33.1 Å². The minimum absolute atomic E-state index is 0.0476. The van der Waals surface area contributed by atoms with E-state index in [1.807, 2.05) is 31.2 Å². The Morgan fingerprint density at radius 1 is 1.06 bits per heavy atom. The van der Waals surface area contributed by atoms with Crippen molar-refractivity contribution in [2.45, 2.75) is 32.6 Å². The number of nitrogens with one attached hydrogen (secondary N) is 1. The van der Waals surface area contributed by atoms with Crippen molar-refractivity contribution in [1.82, 2.24) is 0 Å². The van der Waals surface area contributed by atoms with E-state index in [1.54, 1.807) is 35.2 Å². The highest BCUT2D eigenvalue weighted by molar-refractivity contribution is 7.92. The van der Waals surface area contributed by atoms with Crippen LogP contribution in [0.4, 0.5) is 15.8 Å². The smallest absolute Gasteiger partial charge is 0.230 e. The molecule has 1 aliphatic rings. The maximum Gasteiger partial charge on any atom is 0.230 e. The zero-order valence-corrected chi connectivity index (χ0v) is 21.1. The molecule has 1 aliphatic heterocycles. The topological polar surface area (TPSA) is 83.6 Å². The number of amides is 1. The predicted octanol–water partition coefficient (Wildman–Crippen LogP) is 5.12. The number of piperidine rings is 1. The van der Waals surface area contributed by atoms with E-state index in [1.165, 1.54) is 12.1 Å². The molecule has 6 nitrogen and oxygen atoms in total. The highest BCUT2D eigenvalue weighted by Gasteiger charge is 2.31. The Morgan fingerprint density at radius 3 is 2.42 bits per heavy atom. The number of nitrogens with zero attached hydrogens (tertiary/aromatic N) is 1. The van der Waals surface area contributed by atoms with Gasteiger partial charge in [0, 0.05) is 36.6 Å². The van der Waals surface area contributed by atoms with Crippen LogP contribution in [0.3, 0.4) is 0 Å². The second-order valence-electron chi connectivity index (χ2n) is 9.32. The Balaban J connectivity index is 1.48. The Labute approximate surface area is 211 Å². The number of benzene rings is 3. The zero-order chi connectivity index (χ0) is 25.9. The van der Waals surface area contributed by atoms with E-state index >= 15 is 0 Å². The van der Waals surface area contributed by atoms with Gasteiger partial charge in [0.25, 0.3) is 0 Å². The fraction of sp³-hybridized carbons (Fsp3) is 0.286. The fourth-order valence-corrected chi connectivity index (χ4v) is 5.13. The summed E-state index contributed by atoms with van der Waals surface area (Å²) in [5, 5.41) is 0. The minimum atomic E-state index is -3.67. The molecule has 188 valence electrons. The highest BCUT2D eigenvalue weighted by atomic mass is 32.2. The Bertz CT molecular complexity index is 1370. The third kappa shape index (κ3) is 6.18. The maximum atomic E-state index is 14.4. The number of Topliss-reactive ketones (excluding diaryl/α,β-unsaturated/α-hetero) is 1. The van der Waals surface area contributed by atoms with Gasteiger partial charge in [0.05, 0.1) is 11.9 Å². The van der Waals surface area contributed by atoms with Crippen molar-refractivity contribution in [1.29, 1.82) is 0 Å². The van der Waals surface area contributed by atoms with Crippen LogP contribution in [0.15, 0.2) is 66.7 Å². The summed E-state index contributed by atoms with van der Waals surface area (Å²) in [6, 6.07) is 19.2. The standard InChI is InChI=1S/C28H29FN2O4S/c1-19-8-10-20(11-9-19)17-24(32)18-22-5-4-16-31(28(22)33)23-14-12-21(13-15-23)25-6-3-7-26(29)27(25)30-36(2,34)35/h3,6-15,22,30H,4-5,16-18H2,1-2H3/t22-/m0/s1. The molecule has 3 aromatic carbocycles. The van der Waals surface area contributed by atoms with Crippen molar-refractivity contribution in [2.75, 3.05) is 22.4 Å². The van der Waals surface area contributed by atoms with Crippen LogP contribution in [0.2, 0.25) is 0 Å². The fourth-order valence-electron chi connectivity index (χ4n) is 4.55. The molecule has 0 aromatic heterocycles. The van der Waals surface area contributed by atoms with Gasteiger partial charge in [-0.25, -0.2) is 12.8 Å². The molecule has 0 bridgehead atoms. The quantitative estimate of drug-likeness (QED) is 0.458. The van der Waals surface area contributed by atoms with Gasteiger partial charge in [0.1, 0.15) is 11.6 Å². The van der Waals surface area contributed by atoms with Crippen LogP contribution < -0.4 is 9.62 Å². The third-order valence-corrected chi connectivity index (χ3v) is 6.91. The van der Waals surface area contributed by atoms with Crippen LogP contribution in [-0.4, -0.2) is 32.9 Å². The summed E-state index contributed by atoms with van der Waals surface area (Å²) in [4.78, 5) is 27.6. The van der Waals surface area contributed by atoms with Crippen LogP contribution in [0.25, 0.3) is 11.1 Å². The van der Waals surface area contributed by atoms with Gasteiger partial charge in [-0.1, -0.05) is 54.1 Å². The molecular formula is C28H29FN2O4S. The lowest BCUT2D eigenvalue weighted by Gasteiger charge is -2.32. The summed E-state index contributed by atoms with van der Waals surface area (Å²) in [6.45, 7) is 2.55. The Morgan fingerprint density at radius 2 is 1.75 bits per heavy atom. The molecule has 8 heteroatoms. The van der Waals surface area contributed by atoms with Crippen molar-refractivity contribution in [2.24, 2.45) is 5.92 Å². The molecule has 0 spiro atoms. The lowest BCUT2D eigenvalue weighted by molar-refractivity contribution is -0.128. The van der Waals surface area contributed by atoms with Crippen LogP contribution in [0.5, 0.6) is 0 Å². The molecule has 0 aliphatic carbocycles. The van der Waals surface area contributed by atoms with E-state index in [0.717, 1.165) is 23.8 Å². The summed E-state index contributed by atoms with van der Waals surface area (Å²) in [6.07, 6.45) is 2.97. The lowest BCUT2D eigenvalue weighted by Crippen LogP contribution is -2.42. The third-order valence-electron chi connectivity index (χ3n) is 6.34. The number of carbonyl (C=O) groups is 2. The van der Waals surface area contributed by atoms with Crippen LogP contribution >= 0.6 is 0 Å². The number of para-hydroxylation sites is 1. The van der Waals surface area contributed by atoms with Crippen LogP contribution in [0, 0.1) is 18.7 Å². The van der Waals surface area contributed by atoms with Crippen LogP contribution in [0.1, 0.15) is 30.4 Å². The number of anilines is 2. The molecule has 1 saturated heterocycles. The number of hydrogen-bond donors (Lipinski definition) is 1. The minimum Gasteiger partial charge on any atom is -0.312 e. The Kier molecular flexibility index (Phi) is 7.54. The molecule has 1 amide bonds. The second kappa shape index (κ2) is 10.6. The monoisotopic (exact) mass is 508 g/mol. The normalized spacial score (nSPS) is 16.1. The van der Waals surface area contributed by atoms with Crippen molar-refractivity contribution in [3.63, 3.8) is 0 Å². The van der Waals surface area contributed by atoms with Gasteiger partial charge in [0.15, 0.2) is 0 Å². The average molecular weight is 509 g/mol. The summed E-state index contributed by atoms with van der Waals surface area (Å²) in [5.41, 5.74) is 3.66. The van der Waals surface area contributed by atoms with Crippen LogP contribution in [-0.2, 0) is 26.0 Å². The average Bonchev–Trinajstić information content (AvgIpc) is 2.83. The SMILES string of the molecule is Cc1ccc(CC(=O)C[C@@H]2CCCN(c3ccc(-c4cccc(F)c4NS(C)(=O)=O)cc3)C2=O)cc1. The number of sulfonamides is 1. The number of aryl methyl sites for hydroxylation is 1. The Hall–Kier alpha value is -3.52. The van der Waals surface area contributed by atoms with Gasteiger partial charge in [-0.2, -0.15) is 0 Å². The summed E-state index contributed by atoms with van der Waals surface area (Å²) < 4.78 is 40.0. The first-order valence-electron chi connectivity index (χ1n) is 11.9. The van der Waals surface area contributed by atoms with Gasteiger partial charge in [-0.15, -0.1) is 0 Å². The van der Waals surface area contributed by atoms with E-state index in [2.05, 4.69) is 4.72 Å². The van der Waals surface area contributed by atoms with Gasteiger partial charge in [-0.3, -0.25) is 14.3 Å². The summed E-state index contributed by atoms with van der Waals surface area (Å²) >= 11 is 0. The molecule has 4 rings (SSSR count). The second-order valence-corrected chi connectivity index (χ2v) is 11.1. The van der Waals surface area contributed by atoms with E-state index in [4.69, 9.17) is 0 Å². The summed E-state index contributed by atoms with van der Waals surface area (Å²) in [5.74, 6) is -1.06. The molecule has 0 saturated carbocycles. The van der Waals surface area contributed by atoms with Crippen molar-refractivity contribution in [3.8, 4) is 11.1 Å². The summed E-state index contributed by atoms with van der Waals surface area (Å²) in [7, 11) is -3.67. The number of ketones is 1. The molecule has 36 heavy (non-hydrogen) atoms. The molecule has 0 unspecified atom stereocenters. The zero-order valence-electron chi connectivity index (χ0n) is 20.3. The molecular weight excluding hydrogens is 479 g/mol. The first kappa shape index (κ1) is 25.6. The maximum absolute atomic E-state index is 14.4. The predicted molar refractivity (Wildman–Crippen MR) is 140 cm³/mol. The van der Waals surface area contributed by atoms with Gasteiger partial charge < -0.3 is 4.90 Å². The van der Waals surface area contributed by atoms with E-state index in [-0.39, 0.29) is 29.7 Å². The van der Waals surface area contributed by atoms with E-state index < -0.39 is 15.8 Å². The number of carbonyl (C=O) groups excluding carboxylic acids is 2. The van der Waals surface area contributed by atoms with Gasteiger partial charge in [0.2, 0.25) is 15.9 Å². The van der Waals surface area contributed by atoms with Gasteiger partial charge >= 0.3 is 0 Å². The van der Waals surface area contributed by atoms with Gasteiger partial charge in [-0.05, 0) is 49.1 Å². The molecule has 1 fully saturated rings. The molecule has 0 radical (unpaired) electrons. The largest absolute Gasteiger partial charge is 0.312 e. The lowest BCUT2D eigenvalue weighted by atomic mass is 9.90. The first-order valence-corrected chi connectivity index (χ1v) is 13.8. The highest BCUT2D eigenvalue weighted by Crippen LogP contribution is 2.33. The molecule has 1 N–H and O–H groups in total. The molecule has 3 aromatic rings. The van der Waals surface area contributed by atoms with Crippen molar-refractivity contribution in [3.05, 3.63) is 83.7 Å².